The Morgan fingerprint density at radius 1 is 1.18 bits per heavy atom. The second-order valence-electron chi connectivity index (χ2n) is 6.44. The maximum Gasteiger partial charge on any atom is 0.222 e. The van der Waals surface area contributed by atoms with E-state index in [0.29, 0.717) is 13.0 Å². The molecule has 2 fully saturated rings. The number of hydrogen-bond donors (Lipinski definition) is 0. The highest BCUT2D eigenvalue weighted by Crippen LogP contribution is 2.45. The third kappa shape index (κ3) is 2.31. The van der Waals surface area contributed by atoms with Crippen LogP contribution in [0, 0.1) is 0 Å². The summed E-state index contributed by atoms with van der Waals surface area (Å²) in [5.74, 6) is 0.311. The molecular formula is C18H24N2O2. The molecule has 3 rings (SSSR count). The van der Waals surface area contributed by atoms with Gasteiger partial charge in [0, 0.05) is 38.4 Å². The number of likely N-dealkylation sites (tertiary alicyclic amines) is 2. The second kappa shape index (κ2) is 5.75. The van der Waals surface area contributed by atoms with Crippen molar-refractivity contribution < 1.29 is 9.59 Å². The molecule has 2 atom stereocenters. The molecule has 2 aliphatic rings. The van der Waals surface area contributed by atoms with E-state index in [0.717, 1.165) is 25.9 Å². The molecule has 1 aromatic rings. The molecule has 0 saturated carbocycles. The van der Waals surface area contributed by atoms with Crippen LogP contribution in [0.3, 0.4) is 0 Å². The van der Waals surface area contributed by atoms with Crippen LogP contribution in [0.1, 0.15) is 38.7 Å². The van der Waals surface area contributed by atoms with Crippen LogP contribution < -0.4 is 0 Å². The molecule has 2 amide bonds. The normalized spacial score (nSPS) is 27.6. The minimum atomic E-state index is 0.0114. The molecule has 0 N–H and O–H groups in total. The van der Waals surface area contributed by atoms with Crippen LogP contribution in [0.4, 0.5) is 0 Å². The van der Waals surface area contributed by atoms with Crippen molar-refractivity contribution in [2.45, 2.75) is 44.6 Å². The maximum atomic E-state index is 12.1. The summed E-state index contributed by atoms with van der Waals surface area (Å²) in [4.78, 5) is 28.1. The highest BCUT2D eigenvalue weighted by Gasteiger charge is 2.52. The summed E-state index contributed by atoms with van der Waals surface area (Å²) in [6.07, 6.45) is 2.47. The van der Waals surface area contributed by atoms with Gasteiger partial charge in [0.15, 0.2) is 0 Å². The van der Waals surface area contributed by atoms with Crippen LogP contribution in [-0.4, -0.2) is 47.3 Å². The van der Waals surface area contributed by atoms with E-state index >= 15 is 0 Å². The van der Waals surface area contributed by atoms with Gasteiger partial charge in [-0.1, -0.05) is 37.3 Å². The molecule has 0 aliphatic carbocycles. The van der Waals surface area contributed by atoms with E-state index in [4.69, 9.17) is 0 Å². The zero-order valence-electron chi connectivity index (χ0n) is 13.4. The summed E-state index contributed by atoms with van der Waals surface area (Å²) in [5, 5.41) is 0. The lowest BCUT2D eigenvalue weighted by Gasteiger charge is -2.46. The van der Waals surface area contributed by atoms with Crippen LogP contribution in [-0.2, 0) is 15.0 Å². The minimum Gasteiger partial charge on any atom is -0.341 e. The van der Waals surface area contributed by atoms with Gasteiger partial charge in [-0.25, -0.2) is 0 Å². The van der Waals surface area contributed by atoms with E-state index in [9.17, 15) is 9.59 Å². The first kappa shape index (κ1) is 15.1. The van der Waals surface area contributed by atoms with Crippen LogP contribution in [0.25, 0.3) is 0 Å². The first-order chi connectivity index (χ1) is 10.6. The molecular weight excluding hydrogens is 276 g/mol. The van der Waals surface area contributed by atoms with Crippen LogP contribution >= 0.6 is 0 Å². The maximum absolute atomic E-state index is 12.1. The van der Waals surface area contributed by atoms with Crippen molar-refractivity contribution in [3.63, 3.8) is 0 Å². The van der Waals surface area contributed by atoms with Crippen LogP contribution in [0.15, 0.2) is 30.3 Å². The Morgan fingerprint density at radius 3 is 2.50 bits per heavy atom. The SMILES string of the molecule is CCC(=O)N1CC[C@@]2(c3ccccc3)CCN(C(C)=O)[C@@H]2C1. The number of amides is 2. The van der Waals surface area contributed by atoms with E-state index in [2.05, 4.69) is 24.3 Å². The second-order valence-corrected chi connectivity index (χ2v) is 6.44. The average molecular weight is 300 g/mol. The van der Waals surface area contributed by atoms with Gasteiger partial charge >= 0.3 is 0 Å². The molecule has 0 bridgehead atoms. The summed E-state index contributed by atoms with van der Waals surface area (Å²) in [6, 6.07) is 10.6. The number of carbonyl (C=O) groups is 2. The van der Waals surface area contributed by atoms with Crippen molar-refractivity contribution in [3.8, 4) is 0 Å². The summed E-state index contributed by atoms with van der Waals surface area (Å²) >= 11 is 0. The topological polar surface area (TPSA) is 40.6 Å². The molecule has 0 aromatic heterocycles. The van der Waals surface area contributed by atoms with Gasteiger partial charge in [-0.05, 0) is 18.4 Å². The Kier molecular flexibility index (Phi) is 3.94. The molecule has 2 aliphatic heterocycles. The summed E-state index contributed by atoms with van der Waals surface area (Å²) < 4.78 is 0. The smallest absolute Gasteiger partial charge is 0.222 e. The number of nitrogens with zero attached hydrogens (tertiary/aromatic N) is 2. The lowest BCUT2D eigenvalue weighted by atomic mass is 9.69. The lowest BCUT2D eigenvalue weighted by Crippen LogP contribution is -2.57. The van der Waals surface area contributed by atoms with Gasteiger partial charge in [0.1, 0.15) is 0 Å². The molecule has 1 aromatic carbocycles. The minimum absolute atomic E-state index is 0.0114. The summed E-state index contributed by atoms with van der Waals surface area (Å²) in [5.41, 5.74) is 1.32. The van der Waals surface area contributed by atoms with Gasteiger partial charge in [-0.15, -0.1) is 0 Å². The number of piperidine rings is 1. The van der Waals surface area contributed by atoms with E-state index in [-0.39, 0.29) is 23.3 Å². The zero-order valence-corrected chi connectivity index (χ0v) is 13.4. The molecule has 2 saturated heterocycles. The van der Waals surface area contributed by atoms with Crippen molar-refractivity contribution >= 4 is 11.8 Å². The molecule has 4 heteroatoms. The first-order valence-corrected chi connectivity index (χ1v) is 8.19. The molecule has 0 radical (unpaired) electrons. The van der Waals surface area contributed by atoms with E-state index in [1.54, 1.807) is 6.92 Å². The largest absolute Gasteiger partial charge is 0.341 e. The van der Waals surface area contributed by atoms with Gasteiger partial charge < -0.3 is 9.80 Å². The highest BCUT2D eigenvalue weighted by molar-refractivity contribution is 5.77. The van der Waals surface area contributed by atoms with E-state index in [1.165, 1.54) is 5.56 Å². The molecule has 2 heterocycles. The Bertz CT molecular complexity index is 572. The van der Waals surface area contributed by atoms with Crippen LogP contribution in [0.5, 0.6) is 0 Å². The van der Waals surface area contributed by atoms with Crippen LogP contribution in [0.2, 0.25) is 0 Å². The molecule has 4 nitrogen and oxygen atoms in total. The van der Waals surface area contributed by atoms with Crippen molar-refractivity contribution in [2.24, 2.45) is 0 Å². The third-order valence-corrected chi connectivity index (χ3v) is 5.44. The number of rotatable bonds is 2. The first-order valence-electron chi connectivity index (χ1n) is 8.19. The fourth-order valence-corrected chi connectivity index (χ4v) is 4.22. The number of benzene rings is 1. The van der Waals surface area contributed by atoms with Crippen molar-refractivity contribution in [2.75, 3.05) is 19.6 Å². The molecule has 118 valence electrons. The Morgan fingerprint density at radius 2 is 1.86 bits per heavy atom. The number of fused-ring (bicyclic) bond motifs is 1. The highest BCUT2D eigenvalue weighted by atomic mass is 16.2. The Labute approximate surface area is 132 Å². The van der Waals surface area contributed by atoms with Gasteiger partial charge in [-0.2, -0.15) is 0 Å². The van der Waals surface area contributed by atoms with Gasteiger partial charge in [0.2, 0.25) is 11.8 Å². The van der Waals surface area contributed by atoms with E-state index < -0.39 is 0 Å². The van der Waals surface area contributed by atoms with Crippen molar-refractivity contribution in [1.29, 1.82) is 0 Å². The molecule has 22 heavy (non-hydrogen) atoms. The average Bonchev–Trinajstić information content (AvgIpc) is 2.95. The fraction of sp³-hybridized carbons (Fsp3) is 0.556. The molecule has 0 unspecified atom stereocenters. The zero-order chi connectivity index (χ0) is 15.7. The predicted molar refractivity (Wildman–Crippen MR) is 85.4 cm³/mol. The number of hydrogen-bond acceptors (Lipinski definition) is 2. The fourth-order valence-electron chi connectivity index (χ4n) is 4.22. The summed E-state index contributed by atoms with van der Waals surface area (Å²) in [6.45, 7) is 5.80. The quantitative estimate of drug-likeness (QED) is 0.840. The van der Waals surface area contributed by atoms with Crippen molar-refractivity contribution in [3.05, 3.63) is 35.9 Å². The van der Waals surface area contributed by atoms with Gasteiger partial charge in [-0.3, -0.25) is 9.59 Å². The molecule has 0 spiro atoms. The number of carbonyl (C=O) groups excluding carboxylic acids is 2. The lowest BCUT2D eigenvalue weighted by molar-refractivity contribution is -0.138. The van der Waals surface area contributed by atoms with Gasteiger partial charge in [0.05, 0.1) is 6.04 Å². The third-order valence-electron chi connectivity index (χ3n) is 5.44. The van der Waals surface area contributed by atoms with Crippen molar-refractivity contribution in [1.82, 2.24) is 9.80 Å². The Balaban J connectivity index is 1.96. The summed E-state index contributed by atoms with van der Waals surface area (Å²) in [7, 11) is 0. The standard InChI is InChI=1S/C18H24N2O2/c1-3-17(22)19-11-9-18(15-7-5-4-6-8-15)10-12-20(14(2)21)16(18)13-19/h4-8,16H,3,9-13H2,1-2H3/t16-,18+/m1/s1. The van der Waals surface area contributed by atoms with Gasteiger partial charge in [0.25, 0.3) is 0 Å². The van der Waals surface area contributed by atoms with E-state index in [1.807, 2.05) is 22.8 Å². The monoisotopic (exact) mass is 300 g/mol. The predicted octanol–water partition coefficient (Wildman–Crippen LogP) is 2.19. The Hall–Kier alpha value is -1.84.